The van der Waals surface area contributed by atoms with E-state index in [-0.39, 0.29) is 31.7 Å². The van der Waals surface area contributed by atoms with Crippen molar-refractivity contribution in [2.75, 3.05) is 13.3 Å². The topological polar surface area (TPSA) is 88.1 Å². The lowest BCUT2D eigenvalue weighted by Crippen LogP contribution is -2.47. The molecule has 1 fully saturated rings. The number of benzene rings is 2. The Bertz CT molecular complexity index is 859. The number of rotatable bonds is 9. The molecular weight excluding hydrogens is 408 g/mol. The SMILES string of the molecule is CC(C)CC(CNC(=O)OCc1ccccc1)C(=O)N1COC(O)C1Cc1ccccc1. The predicted octanol–water partition coefficient (Wildman–Crippen LogP) is 3.32. The van der Waals surface area contributed by atoms with Crippen molar-refractivity contribution in [2.24, 2.45) is 11.8 Å². The van der Waals surface area contributed by atoms with Crippen LogP contribution in [-0.4, -0.2) is 47.6 Å². The van der Waals surface area contributed by atoms with Crippen molar-refractivity contribution in [1.29, 1.82) is 0 Å². The average molecular weight is 441 g/mol. The summed E-state index contributed by atoms with van der Waals surface area (Å²) in [5.41, 5.74) is 1.91. The molecule has 2 N–H and O–H groups in total. The summed E-state index contributed by atoms with van der Waals surface area (Å²) in [6.07, 6.45) is -0.506. The number of hydrogen-bond donors (Lipinski definition) is 2. The van der Waals surface area contributed by atoms with E-state index < -0.39 is 24.3 Å². The fraction of sp³-hybridized carbons (Fsp3) is 0.440. The maximum Gasteiger partial charge on any atom is 0.407 e. The van der Waals surface area contributed by atoms with Crippen molar-refractivity contribution in [3.63, 3.8) is 0 Å². The second kappa shape index (κ2) is 11.6. The number of alkyl carbamates (subject to hydrolysis) is 1. The van der Waals surface area contributed by atoms with E-state index in [1.807, 2.05) is 74.5 Å². The Labute approximate surface area is 189 Å². The Kier molecular flexibility index (Phi) is 8.64. The first-order valence-electron chi connectivity index (χ1n) is 11.0. The van der Waals surface area contributed by atoms with E-state index in [1.54, 1.807) is 4.90 Å². The van der Waals surface area contributed by atoms with Crippen LogP contribution >= 0.6 is 0 Å². The monoisotopic (exact) mass is 440 g/mol. The van der Waals surface area contributed by atoms with Gasteiger partial charge < -0.3 is 24.8 Å². The number of ether oxygens (including phenoxy) is 2. The second-order valence-electron chi connectivity index (χ2n) is 8.52. The third kappa shape index (κ3) is 6.80. The summed E-state index contributed by atoms with van der Waals surface area (Å²) in [7, 11) is 0. The zero-order valence-electron chi connectivity index (χ0n) is 18.6. The lowest BCUT2D eigenvalue weighted by molar-refractivity contribution is -0.138. The normalized spacial score (nSPS) is 19.1. The number of amides is 2. The van der Waals surface area contributed by atoms with Gasteiger partial charge in [0.15, 0.2) is 6.29 Å². The zero-order chi connectivity index (χ0) is 22.9. The van der Waals surface area contributed by atoms with E-state index in [0.29, 0.717) is 12.8 Å². The Morgan fingerprint density at radius 2 is 1.72 bits per heavy atom. The lowest BCUT2D eigenvalue weighted by atomic mass is 9.94. The van der Waals surface area contributed by atoms with Gasteiger partial charge in [0.1, 0.15) is 13.3 Å². The van der Waals surface area contributed by atoms with E-state index in [1.165, 1.54) is 0 Å². The highest BCUT2D eigenvalue weighted by atomic mass is 16.6. The molecule has 0 radical (unpaired) electrons. The molecule has 3 atom stereocenters. The molecule has 172 valence electrons. The first kappa shape index (κ1) is 23.8. The van der Waals surface area contributed by atoms with Gasteiger partial charge in [-0.25, -0.2) is 4.79 Å². The first-order chi connectivity index (χ1) is 15.4. The van der Waals surface area contributed by atoms with Gasteiger partial charge in [0.2, 0.25) is 5.91 Å². The van der Waals surface area contributed by atoms with Crippen LogP contribution in [0.3, 0.4) is 0 Å². The molecule has 2 amide bonds. The number of hydrogen-bond acceptors (Lipinski definition) is 5. The Balaban J connectivity index is 1.59. The van der Waals surface area contributed by atoms with Crippen LogP contribution in [0.4, 0.5) is 4.79 Å². The van der Waals surface area contributed by atoms with Crippen LogP contribution in [0, 0.1) is 11.8 Å². The largest absolute Gasteiger partial charge is 0.445 e. The Morgan fingerprint density at radius 3 is 2.34 bits per heavy atom. The summed E-state index contributed by atoms with van der Waals surface area (Å²) in [5, 5.41) is 13.1. The van der Waals surface area contributed by atoms with Crippen molar-refractivity contribution in [2.45, 2.75) is 45.6 Å². The van der Waals surface area contributed by atoms with Crippen LogP contribution in [0.5, 0.6) is 0 Å². The summed E-state index contributed by atoms with van der Waals surface area (Å²) in [5.74, 6) is -0.321. The van der Waals surface area contributed by atoms with Crippen molar-refractivity contribution in [3.8, 4) is 0 Å². The molecule has 7 heteroatoms. The minimum atomic E-state index is -1.04. The van der Waals surface area contributed by atoms with E-state index in [2.05, 4.69) is 5.32 Å². The maximum absolute atomic E-state index is 13.4. The van der Waals surface area contributed by atoms with Crippen LogP contribution in [0.15, 0.2) is 60.7 Å². The quantitative estimate of drug-likeness (QED) is 0.625. The van der Waals surface area contributed by atoms with Crippen molar-refractivity contribution in [3.05, 3.63) is 71.8 Å². The molecule has 2 aromatic rings. The molecule has 32 heavy (non-hydrogen) atoms. The molecule has 3 unspecified atom stereocenters. The average Bonchev–Trinajstić information content (AvgIpc) is 3.16. The highest BCUT2D eigenvalue weighted by Crippen LogP contribution is 2.24. The minimum Gasteiger partial charge on any atom is -0.445 e. The fourth-order valence-corrected chi connectivity index (χ4v) is 3.87. The summed E-state index contributed by atoms with van der Waals surface area (Å²) in [6, 6.07) is 18.7. The number of carbonyl (C=O) groups is 2. The van der Waals surface area contributed by atoms with E-state index in [0.717, 1.165) is 11.1 Å². The van der Waals surface area contributed by atoms with E-state index >= 15 is 0 Å². The van der Waals surface area contributed by atoms with Crippen LogP contribution in [0.25, 0.3) is 0 Å². The van der Waals surface area contributed by atoms with E-state index in [4.69, 9.17) is 9.47 Å². The van der Waals surface area contributed by atoms with Gasteiger partial charge in [0.25, 0.3) is 0 Å². The molecule has 2 aromatic carbocycles. The van der Waals surface area contributed by atoms with Crippen molar-refractivity contribution >= 4 is 12.0 Å². The Morgan fingerprint density at radius 1 is 1.09 bits per heavy atom. The molecule has 1 aliphatic heterocycles. The summed E-state index contributed by atoms with van der Waals surface area (Å²) in [6.45, 7) is 4.43. The molecule has 0 spiro atoms. The van der Waals surface area contributed by atoms with Crippen molar-refractivity contribution in [1.82, 2.24) is 10.2 Å². The van der Waals surface area contributed by atoms with E-state index in [9.17, 15) is 14.7 Å². The van der Waals surface area contributed by atoms with Crippen LogP contribution in [-0.2, 0) is 27.3 Å². The molecule has 1 heterocycles. The number of nitrogens with one attached hydrogen (secondary N) is 1. The molecule has 0 aliphatic carbocycles. The lowest BCUT2D eigenvalue weighted by Gasteiger charge is -2.29. The highest BCUT2D eigenvalue weighted by molar-refractivity contribution is 5.80. The first-order valence-corrected chi connectivity index (χ1v) is 11.0. The molecule has 1 saturated heterocycles. The van der Waals surface area contributed by atoms with Crippen LogP contribution in [0.2, 0.25) is 0 Å². The van der Waals surface area contributed by atoms with Crippen LogP contribution < -0.4 is 5.32 Å². The zero-order valence-corrected chi connectivity index (χ0v) is 18.6. The van der Waals surface area contributed by atoms with Gasteiger partial charge in [0.05, 0.1) is 12.0 Å². The van der Waals surface area contributed by atoms with Gasteiger partial charge in [-0.05, 0) is 29.9 Å². The maximum atomic E-state index is 13.4. The van der Waals surface area contributed by atoms with Gasteiger partial charge in [0, 0.05) is 6.54 Å². The number of carbonyl (C=O) groups excluding carboxylic acids is 2. The third-order valence-electron chi connectivity index (χ3n) is 5.50. The van der Waals surface area contributed by atoms with Gasteiger partial charge in [-0.1, -0.05) is 74.5 Å². The molecule has 1 aliphatic rings. The van der Waals surface area contributed by atoms with Gasteiger partial charge in [-0.2, -0.15) is 0 Å². The molecule has 0 bridgehead atoms. The fourth-order valence-electron chi connectivity index (χ4n) is 3.87. The molecule has 7 nitrogen and oxygen atoms in total. The molecular formula is C25H32N2O5. The predicted molar refractivity (Wildman–Crippen MR) is 120 cm³/mol. The highest BCUT2D eigenvalue weighted by Gasteiger charge is 2.39. The molecule has 0 saturated carbocycles. The van der Waals surface area contributed by atoms with Crippen molar-refractivity contribution < 1.29 is 24.2 Å². The minimum absolute atomic E-state index is 0.0323. The second-order valence-corrected chi connectivity index (χ2v) is 8.52. The standard InChI is InChI=1S/C25H32N2O5/c1-18(2)13-21(15-26-25(30)31-16-20-11-7-4-8-12-20)23(28)27-17-32-24(29)22(27)14-19-9-5-3-6-10-19/h3-12,18,21-22,24,29H,13-17H2,1-2H3,(H,26,30). The van der Waals surface area contributed by atoms with Crippen LogP contribution in [0.1, 0.15) is 31.4 Å². The number of aliphatic hydroxyl groups excluding tert-OH is 1. The summed E-state index contributed by atoms with van der Waals surface area (Å²) >= 11 is 0. The van der Waals surface area contributed by atoms with Gasteiger partial charge in [-0.15, -0.1) is 0 Å². The molecule has 3 rings (SSSR count). The molecule has 0 aromatic heterocycles. The van der Waals surface area contributed by atoms with Gasteiger partial charge in [-0.3, -0.25) is 4.79 Å². The number of nitrogens with zero attached hydrogens (tertiary/aromatic N) is 1. The third-order valence-corrected chi connectivity index (χ3v) is 5.50. The summed E-state index contributed by atoms with van der Waals surface area (Å²) in [4.78, 5) is 27.1. The van der Waals surface area contributed by atoms with Gasteiger partial charge >= 0.3 is 6.09 Å². The summed E-state index contributed by atoms with van der Waals surface area (Å²) < 4.78 is 10.7. The Hall–Kier alpha value is -2.90. The smallest absolute Gasteiger partial charge is 0.407 e. The number of aliphatic hydroxyl groups is 1.